The molecule has 0 radical (unpaired) electrons. The van der Waals surface area contributed by atoms with Gasteiger partial charge in [-0.25, -0.2) is 0 Å². The van der Waals surface area contributed by atoms with Gasteiger partial charge < -0.3 is 5.32 Å². The first-order valence-corrected chi connectivity index (χ1v) is 7.31. The predicted octanol–water partition coefficient (Wildman–Crippen LogP) is 4.31. The number of hydrogen-bond acceptors (Lipinski definition) is 2. The minimum Gasteiger partial charge on any atom is -0.313 e. The van der Waals surface area contributed by atoms with Gasteiger partial charge in [-0.05, 0) is 43.3 Å². The van der Waals surface area contributed by atoms with E-state index in [0.29, 0.717) is 0 Å². The van der Waals surface area contributed by atoms with E-state index in [9.17, 15) is 0 Å². The van der Waals surface area contributed by atoms with Crippen molar-refractivity contribution in [3.05, 3.63) is 62.8 Å². The highest BCUT2D eigenvalue weighted by Crippen LogP contribution is 2.28. The van der Waals surface area contributed by atoms with E-state index in [0.717, 1.165) is 27.2 Å². The Hall–Kier alpha value is -0.900. The van der Waals surface area contributed by atoms with Gasteiger partial charge in [0.15, 0.2) is 0 Å². The van der Waals surface area contributed by atoms with Crippen molar-refractivity contribution in [1.82, 2.24) is 10.3 Å². The van der Waals surface area contributed by atoms with Crippen molar-refractivity contribution < 1.29 is 0 Å². The van der Waals surface area contributed by atoms with E-state index in [4.69, 9.17) is 11.6 Å². The highest BCUT2D eigenvalue weighted by atomic mass is 79.9. The Balaban J connectivity index is 2.28. The van der Waals surface area contributed by atoms with Crippen LogP contribution in [-0.2, 0) is 6.42 Å². The van der Waals surface area contributed by atoms with Gasteiger partial charge in [-0.2, -0.15) is 0 Å². The number of pyridine rings is 1. The van der Waals surface area contributed by atoms with Gasteiger partial charge in [0, 0.05) is 33.8 Å². The van der Waals surface area contributed by atoms with Crippen molar-refractivity contribution in [2.45, 2.75) is 19.4 Å². The standard InChI is InChI=1S/C15H16BrClN2/c1-10-4-3-7-19-14(10)9-15(18-2)12-6-5-11(16)8-13(12)17/h3-8,15,18H,9H2,1-2H3. The maximum atomic E-state index is 6.32. The van der Waals surface area contributed by atoms with Gasteiger partial charge in [0.05, 0.1) is 0 Å². The van der Waals surface area contributed by atoms with Gasteiger partial charge in [-0.15, -0.1) is 0 Å². The van der Waals surface area contributed by atoms with Gasteiger partial charge in [-0.3, -0.25) is 4.98 Å². The molecule has 2 aromatic rings. The summed E-state index contributed by atoms with van der Waals surface area (Å²) < 4.78 is 0.991. The van der Waals surface area contributed by atoms with Crippen LogP contribution in [0.3, 0.4) is 0 Å². The molecule has 4 heteroatoms. The molecule has 0 aliphatic heterocycles. The first-order valence-electron chi connectivity index (χ1n) is 6.14. The molecule has 100 valence electrons. The molecule has 0 aliphatic carbocycles. The van der Waals surface area contributed by atoms with Crippen molar-refractivity contribution in [2.75, 3.05) is 7.05 Å². The molecule has 1 unspecified atom stereocenters. The summed E-state index contributed by atoms with van der Waals surface area (Å²) in [6.07, 6.45) is 2.66. The average molecular weight is 340 g/mol. The highest BCUT2D eigenvalue weighted by Gasteiger charge is 2.15. The molecule has 0 aliphatic rings. The third-order valence-electron chi connectivity index (χ3n) is 3.20. The molecule has 1 N–H and O–H groups in total. The van der Waals surface area contributed by atoms with Crippen LogP contribution in [-0.4, -0.2) is 12.0 Å². The van der Waals surface area contributed by atoms with Gasteiger partial charge in [-0.1, -0.05) is 39.7 Å². The number of aromatic nitrogens is 1. The minimum absolute atomic E-state index is 0.161. The van der Waals surface area contributed by atoms with Crippen LogP contribution in [0.15, 0.2) is 41.0 Å². The predicted molar refractivity (Wildman–Crippen MR) is 83.6 cm³/mol. The summed E-state index contributed by atoms with van der Waals surface area (Å²) >= 11 is 9.75. The first-order chi connectivity index (χ1) is 9.11. The number of benzene rings is 1. The lowest BCUT2D eigenvalue weighted by atomic mass is 10.00. The normalized spacial score (nSPS) is 12.4. The summed E-state index contributed by atoms with van der Waals surface area (Å²) in [5.74, 6) is 0. The summed E-state index contributed by atoms with van der Waals surface area (Å²) in [5.41, 5.74) is 3.40. The summed E-state index contributed by atoms with van der Waals surface area (Å²) in [7, 11) is 1.95. The Morgan fingerprint density at radius 1 is 1.37 bits per heavy atom. The zero-order valence-electron chi connectivity index (χ0n) is 11.0. The summed E-state index contributed by atoms with van der Waals surface area (Å²) in [6, 6.07) is 10.2. The molecule has 1 aromatic carbocycles. The molecular weight excluding hydrogens is 324 g/mol. The van der Waals surface area contributed by atoms with Gasteiger partial charge in [0.2, 0.25) is 0 Å². The van der Waals surface area contributed by atoms with E-state index < -0.39 is 0 Å². The number of nitrogens with zero attached hydrogens (tertiary/aromatic N) is 1. The fraction of sp³-hybridized carbons (Fsp3) is 0.267. The average Bonchev–Trinajstić information content (AvgIpc) is 2.39. The Morgan fingerprint density at radius 2 is 2.16 bits per heavy atom. The summed E-state index contributed by atoms with van der Waals surface area (Å²) in [5, 5.41) is 4.08. The molecule has 0 spiro atoms. The lowest BCUT2D eigenvalue weighted by molar-refractivity contribution is 0.583. The second-order valence-corrected chi connectivity index (χ2v) is 5.80. The molecule has 0 amide bonds. The maximum Gasteiger partial charge on any atom is 0.0465 e. The van der Waals surface area contributed by atoms with Crippen LogP contribution >= 0.6 is 27.5 Å². The van der Waals surface area contributed by atoms with Crippen LogP contribution in [0.4, 0.5) is 0 Å². The second-order valence-electron chi connectivity index (χ2n) is 4.48. The van der Waals surface area contributed by atoms with Crippen molar-refractivity contribution in [3.63, 3.8) is 0 Å². The van der Waals surface area contributed by atoms with Crippen LogP contribution in [0.25, 0.3) is 0 Å². The fourth-order valence-corrected chi connectivity index (χ4v) is 2.88. The lowest BCUT2D eigenvalue weighted by Gasteiger charge is -2.18. The zero-order valence-corrected chi connectivity index (χ0v) is 13.3. The molecule has 1 heterocycles. The van der Waals surface area contributed by atoms with Crippen LogP contribution < -0.4 is 5.32 Å². The minimum atomic E-state index is 0.161. The van der Waals surface area contributed by atoms with Gasteiger partial charge in [0.25, 0.3) is 0 Å². The van der Waals surface area contributed by atoms with Crippen molar-refractivity contribution in [1.29, 1.82) is 0 Å². The molecule has 1 atom stereocenters. The molecule has 2 nitrogen and oxygen atoms in total. The number of aryl methyl sites for hydroxylation is 1. The number of likely N-dealkylation sites (N-methyl/N-ethyl adjacent to an activating group) is 1. The number of rotatable bonds is 4. The van der Waals surface area contributed by atoms with Crippen molar-refractivity contribution in [3.8, 4) is 0 Å². The second kappa shape index (κ2) is 6.51. The van der Waals surface area contributed by atoms with Crippen LogP contribution in [0.5, 0.6) is 0 Å². The Morgan fingerprint density at radius 3 is 2.79 bits per heavy atom. The molecular formula is C15H16BrClN2. The SMILES string of the molecule is CNC(Cc1ncccc1C)c1ccc(Br)cc1Cl. The fourth-order valence-electron chi connectivity index (χ4n) is 2.08. The Bertz CT molecular complexity index is 572. The van der Waals surface area contributed by atoms with Gasteiger partial charge in [0.1, 0.15) is 0 Å². The molecule has 0 fully saturated rings. The van der Waals surface area contributed by atoms with E-state index in [1.807, 2.05) is 37.5 Å². The smallest absolute Gasteiger partial charge is 0.0465 e. The summed E-state index contributed by atoms with van der Waals surface area (Å²) in [6.45, 7) is 2.08. The Kier molecular flexibility index (Phi) is 4.97. The van der Waals surface area contributed by atoms with Crippen LogP contribution in [0.1, 0.15) is 22.9 Å². The molecule has 0 saturated carbocycles. The Labute approximate surface area is 127 Å². The zero-order chi connectivity index (χ0) is 13.8. The molecule has 0 bridgehead atoms. The van der Waals surface area contributed by atoms with Crippen LogP contribution in [0, 0.1) is 6.92 Å². The number of hydrogen-bond donors (Lipinski definition) is 1. The lowest BCUT2D eigenvalue weighted by Crippen LogP contribution is -2.20. The van der Waals surface area contributed by atoms with Crippen LogP contribution in [0.2, 0.25) is 5.02 Å². The highest BCUT2D eigenvalue weighted by molar-refractivity contribution is 9.10. The van der Waals surface area contributed by atoms with E-state index >= 15 is 0 Å². The third-order valence-corrected chi connectivity index (χ3v) is 4.02. The molecule has 1 aromatic heterocycles. The molecule has 19 heavy (non-hydrogen) atoms. The quantitative estimate of drug-likeness (QED) is 0.898. The van der Waals surface area contributed by atoms with Crippen molar-refractivity contribution in [2.24, 2.45) is 0 Å². The van der Waals surface area contributed by atoms with E-state index in [1.165, 1.54) is 5.56 Å². The molecule has 0 saturated heterocycles. The number of nitrogens with one attached hydrogen (secondary N) is 1. The van der Waals surface area contributed by atoms with Crippen molar-refractivity contribution >= 4 is 27.5 Å². The first kappa shape index (κ1) is 14.5. The third kappa shape index (κ3) is 3.56. The van der Waals surface area contributed by atoms with E-state index in [-0.39, 0.29) is 6.04 Å². The maximum absolute atomic E-state index is 6.32. The van der Waals surface area contributed by atoms with E-state index in [2.05, 4.69) is 39.2 Å². The molecule has 2 rings (SSSR count). The monoisotopic (exact) mass is 338 g/mol. The topological polar surface area (TPSA) is 24.9 Å². The van der Waals surface area contributed by atoms with E-state index in [1.54, 1.807) is 0 Å². The van der Waals surface area contributed by atoms with Gasteiger partial charge >= 0.3 is 0 Å². The number of halogens is 2. The summed E-state index contributed by atoms with van der Waals surface area (Å²) in [4.78, 5) is 4.45. The largest absolute Gasteiger partial charge is 0.313 e.